The van der Waals surface area contributed by atoms with Crippen LogP contribution in [0.15, 0.2) is 24.3 Å². The Morgan fingerprint density at radius 1 is 1.29 bits per heavy atom. The predicted octanol–water partition coefficient (Wildman–Crippen LogP) is 2.10. The highest BCUT2D eigenvalue weighted by atomic mass is 32.1. The maximum absolute atomic E-state index is 5.67. The fourth-order valence-corrected chi connectivity index (χ4v) is 1.72. The third-order valence-corrected chi connectivity index (χ3v) is 2.67. The highest BCUT2D eigenvalue weighted by molar-refractivity contribution is 7.09. The summed E-state index contributed by atoms with van der Waals surface area (Å²) in [5.74, 6) is 1.51. The van der Waals surface area contributed by atoms with Crippen LogP contribution in [0, 0.1) is 0 Å². The van der Waals surface area contributed by atoms with Gasteiger partial charge >= 0.3 is 0 Å². The molecule has 5 nitrogen and oxygen atoms in total. The molecule has 2 N–H and O–H groups in total. The van der Waals surface area contributed by atoms with E-state index in [1.165, 1.54) is 0 Å². The predicted molar refractivity (Wildman–Crippen MR) is 66.3 cm³/mol. The summed E-state index contributed by atoms with van der Waals surface area (Å²) in [5, 5.41) is 4.47. The van der Waals surface area contributed by atoms with E-state index < -0.39 is 0 Å². The molecule has 17 heavy (non-hydrogen) atoms. The maximum atomic E-state index is 5.67. The average molecular weight is 251 g/mol. The Morgan fingerprint density at radius 2 is 2.06 bits per heavy atom. The zero-order chi connectivity index (χ0) is 12.1. The van der Waals surface area contributed by atoms with E-state index in [2.05, 4.69) is 9.59 Å². The minimum absolute atomic E-state index is 0.317. The smallest absolute Gasteiger partial charge is 0.136 e. The molecular formula is C11H13N3O2S. The van der Waals surface area contributed by atoms with Gasteiger partial charge in [-0.25, -0.2) is 0 Å². The standard InChI is InChI=1S/C11H13N3O2S/c1-2-15-8-4-3-5-9(6-8)16-7-10-11(12)17-14-13-10/h3-6H,2,7,12H2,1H3. The number of hydrogen-bond acceptors (Lipinski definition) is 6. The van der Waals surface area contributed by atoms with Crippen LogP contribution in [0.25, 0.3) is 0 Å². The number of anilines is 1. The highest BCUT2D eigenvalue weighted by Gasteiger charge is 2.05. The number of benzene rings is 1. The molecule has 0 radical (unpaired) electrons. The Balaban J connectivity index is 1.99. The topological polar surface area (TPSA) is 70.3 Å². The Labute approximate surface area is 103 Å². The second-order valence-corrected chi connectivity index (χ2v) is 4.07. The molecule has 0 spiro atoms. The minimum Gasteiger partial charge on any atom is -0.494 e. The van der Waals surface area contributed by atoms with Gasteiger partial charge < -0.3 is 15.2 Å². The van der Waals surface area contributed by atoms with Gasteiger partial charge in [0, 0.05) is 17.6 Å². The van der Waals surface area contributed by atoms with E-state index in [1.54, 1.807) is 0 Å². The van der Waals surface area contributed by atoms with Gasteiger partial charge in [-0.1, -0.05) is 10.6 Å². The van der Waals surface area contributed by atoms with E-state index in [1.807, 2.05) is 31.2 Å². The van der Waals surface area contributed by atoms with Gasteiger partial charge in [0.2, 0.25) is 0 Å². The van der Waals surface area contributed by atoms with Crippen molar-refractivity contribution in [3.63, 3.8) is 0 Å². The zero-order valence-corrected chi connectivity index (χ0v) is 10.2. The molecule has 0 aliphatic rings. The summed E-state index contributed by atoms with van der Waals surface area (Å²) in [6, 6.07) is 7.45. The molecule has 6 heteroatoms. The van der Waals surface area contributed by atoms with Crippen LogP contribution < -0.4 is 15.2 Å². The van der Waals surface area contributed by atoms with Crippen molar-refractivity contribution in [3.8, 4) is 11.5 Å². The van der Waals surface area contributed by atoms with Crippen LogP contribution in [0.5, 0.6) is 11.5 Å². The summed E-state index contributed by atoms with van der Waals surface area (Å²) in [4.78, 5) is 0. The maximum Gasteiger partial charge on any atom is 0.136 e. The largest absolute Gasteiger partial charge is 0.494 e. The lowest BCUT2D eigenvalue weighted by atomic mass is 10.3. The number of aromatic nitrogens is 2. The fourth-order valence-electron chi connectivity index (χ4n) is 1.29. The molecule has 90 valence electrons. The van der Waals surface area contributed by atoms with Crippen LogP contribution in [0.4, 0.5) is 5.00 Å². The molecule has 0 unspecified atom stereocenters. The van der Waals surface area contributed by atoms with Gasteiger partial charge in [0.15, 0.2) is 0 Å². The number of nitrogens with two attached hydrogens (primary N) is 1. The number of nitrogen functional groups attached to an aromatic ring is 1. The molecule has 0 fully saturated rings. The normalized spacial score (nSPS) is 10.2. The quantitative estimate of drug-likeness (QED) is 0.881. The Morgan fingerprint density at radius 3 is 2.71 bits per heavy atom. The van der Waals surface area contributed by atoms with Gasteiger partial charge in [0.05, 0.1) is 6.61 Å². The van der Waals surface area contributed by atoms with Crippen molar-refractivity contribution >= 4 is 16.5 Å². The van der Waals surface area contributed by atoms with Crippen molar-refractivity contribution in [2.24, 2.45) is 0 Å². The van der Waals surface area contributed by atoms with Crippen LogP contribution in [0.2, 0.25) is 0 Å². The molecule has 2 aromatic rings. The van der Waals surface area contributed by atoms with Gasteiger partial charge in [0.25, 0.3) is 0 Å². The van der Waals surface area contributed by atoms with E-state index >= 15 is 0 Å². The Bertz CT molecular complexity index is 487. The summed E-state index contributed by atoms with van der Waals surface area (Å²) >= 11 is 1.16. The molecular weight excluding hydrogens is 238 g/mol. The number of hydrogen-bond donors (Lipinski definition) is 1. The third-order valence-electron chi connectivity index (χ3n) is 2.08. The van der Waals surface area contributed by atoms with E-state index in [9.17, 15) is 0 Å². The molecule has 0 atom stereocenters. The van der Waals surface area contributed by atoms with Crippen LogP contribution in [-0.2, 0) is 6.61 Å². The monoisotopic (exact) mass is 251 g/mol. The van der Waals surface area contributed by atoms with Gasteiger partial charge in [0.1, 0.15) is 28.8 Å². The molecule has 0 bridgehead atoms. The zero-order valence-electron chi connectivity index (χ0n) is 9.42. The molecule has 0 saturated heterocycles. The SMILES string of the molecule is CCOc1cccc(OCc2nnsc2N)c1. The average Bonchev–Trinajstić information content (AvgIpc) is 2.73. The van der Waals surface area contributed by atoms with Crippen molar-refractivity contribution in [3.05, 3.63) is 30.0 Å². The first kappa shape index (κ1) is 11.7. The molecule has 1 aromatic heterocycles. The number of ether oxygens (including phenoxy) is 2. The van der Waals surface area contributed by atoms with Crippen molar-refractivity contribution in [2.75, 3.05) is 12.3 Å². The third kappa shape index (κ3) is 3.07. The first-order valence-electron chi connectivity index (χ1n) is 5.22. The summed E-state index contributed by atoms with van der Waals surface area (Å²) in [5.41, 5.74) is 6.33. The van der Waals surface area contributed by atoms with Gasteiger partial charge in [-0.2, -0.15) is 0 Å². The first-order chi connectivity index (χ1) is 8.29. The summed E-state index contributed by atoms with van der Waals surface area (Å²) in [6.07, 6.45) is 0. The van der Waals surface area contributed by atoms with Crippen LogP contribution in [0.1, 0.15) is 12.6 Å². The molecule has 0 aliphatic heterocycles. The Hall–Kier alpha value is -1.82. The molecule has 0 saturated carbocycles. The van der Waals surface area contributed by atoms with Crippen molar-refractivity contribution in [1.82, 2.24) is 9.59 Å². The van der Waals surface area contributed by atoms with Crippen LogP contribution in [0.3, 0.4) is 0 Å². The fraction of sp³-hybridized carbons (Fsp3) is 0.273. The van der Waals surface area contributed by atoms with Crippen LogP contribution in [-0.4, -0.2) is 16.2 Å². The van der Waals surface area contributed by atoms with Gasteiger partial charge in [-0.3, -0.25) is 0 Å². The lowest BCUT2D eigenvalue weighted by Gasteiger charge is -2.07. The summed E-state index contributed by atoms with van der Waals surface area (Å²) in [6.45, 7) is 2.89. The number of nitrogens with zero attached hydrogens (tertiary/aromatic N) is 2. The minimum atomic E-state index is 0.317. The number of rotatable bonds is 5. The van der Waals surface area contributed by atoms with Gasteiger partial charge in [-0.05, 0) is 19.1 Å². The van der Waals surface area contributed by atoms with E-state index in [0.29, 0.717) is 23.9 Å². The van der Waals surface area contributed by atoms with Gasteiger partial charge in [-0.15, -0.1) is 5.10 Å². The van der Waals surface area contributed by atoms with E-state index in [-0.39, 0.29) is 0 Å². The van der Waals surface area contributed by atoms with Crippen molar-refractivity contribution in [2.45, 2.75) is 13.5 Å². The lowest BCUT2D eigenvalue weighted by Crippen LogP contribution is -1.99. The van der Waals surface area contributed by atoms with Crippen molar-refractivity contribution in [1.29, 1.82) is 0 Å². The van der Waals surface area contributed by atoms with Crippen molar-refractivity contribution < 1.29 is 9.47 Å². The highest BCUT2D eigenvalue weighted by Crippen LogP contribution is 2.21. The molecule has 2 rings (SSSR count). The van der Waals surface area contributed by atoms with Crippen LogP contribution >= 0.6 is 11.5 Å². The van der Waals surface area contributed by atoms with E-state index in [0.717, 1.165) is 23.0 Å². The molecule has 1 aromatic carbocycles. The lowest BCUT2D eigenvalue weighted by molar-refractivity contribution is 0.296. The first-order valence-corrected chi connectivity index (χ1v) is 5.99. The summed E-state index contributed by atoms with van der Waals surface area (Å²) < 4.78 is 14.7. The molecule has 0 aliphatic carbocycles. The second kappa shape index (κ2) is 5.49. The second-order valence-electron chi connectivity index (χ2n) is 3.28. The van der Waals surface area contributed by atoms with E-state index in [4.69, 9.17) is 15.2 Å². The molecule has 0 amide bonds. The summed E-state index contributed by atoms with van der Waals surface area (Å²) in [7, 11) is 0. The molecule has 1 heterocycles. The Kier molecular flexibility index (Phi) is 3.77.